The van der Waals surface area contributed by atoms with Gasteiger partial charge >= 0.3 is 0 Å². The van der Waals surface area contributed by atoms with Gasteiger partial charge in [0.2, 0.25) is 0 Å². The van der Waals surface area contributed by atoms with E-state index in [9.17, 15) is 0 Å². The van der Waals surface area contributed by atoms with Crippen molar-refractivity contribution in [1.29, 1.82) is 0 Å². The van der Waals surface area contributed by atoms with Crippen molar-refractivity contribution in [2.75, 3.05) is 6.54 Å². The third-order valence-corrected chi connectivity index (χ3v) is 2.88. The van der Waals surface area contributed by atoms with Crippen molar-refractivity contribution in [3.8, 4) is 0 Å². The molecule has 0 aliphatic carbocycles. The Balaban J connectivity index is 2.38. The summed E-state index contributed by atoms with van der Waals surface area (Å²) in [5.74, 6) is 0.610. The molecule has 0 fully saturated rings. The third-order valence-electron chi connectivity index (χ3n) is 2.88. The second-order valence-electron chi connectivity index (χ2n) is 6.19. The molecular weight excluding hydrogens is 218 g/mol. The van der Waals surface area contributed by atoms with Crippen LogP contribution in [0.3, 0.4) is 0 Å². The Morgan fingerprint density at radius 2 is 1.72 bits per heavy atom. The highest BCUT2D eigenvalue weighted by atomic mass is 14.9. The standard InChI is InChI=1S/C17H27N/c1-14(2)16-11-9-15(10-12-16)8-6-7-13-18-17(3,4)5/h6,8-12,14,18H,7,13H2,1-5H3. The first-order chi connectivity index (χ1) is 8.38. The molecule has 0 bridgehead atoms. The van der Waals surface area contributed by atoms with Gasteiger partial charge in [-0.2, -0.15) is 0 Å². The van der Waals surface area contributed by atoms with Crippen LogP contribution in [0.4, 0.5) is 0 Å². The molecule has 1 heteroatoms. The van der Waals surface area contributed by atoms with E-state index in [-0.39, 0.29) is 5.54 Å². The minimum absolute atomic E-state index is 0.215. The van der Waals surface area contributed by atoms with Crippen molar-refractivity contribution in [2.24, 2.45) is 0 Å². The first kappa shape index (κ1) is 15.0. The van der Waals surface area contributed by atoms with E-state index in [0.29, 0.717) is 5.92 Å². The fourth-order valence-electron chi connectivity index (χ4n) is 1.74. The highest BCUT2D eigenvalue weighted by Gasteiger charge is 2.06. The smallest absolute Gasteiger partial charge is 0.00966 e. The Bertz CT molecular complexity index is 366. The molecule has 0 amide bonds. The number of nitrogens with one attached hydrogen (secondary N) is 1. The van der Waals surface area contributed by atoms with Crippen LogP contribution in [0, 0.1) is 0 Å². The van der Waals surface area contributed by atoms with Crippen LogP contribution in [0.2, 0.25) is 0 Å². The van der Waals surface area contributed by atoms with E-state index in [2.05, 4.69) is 76.4 Å². The molecule has 0 heterocycles. The van der Waals surface area contributed by atoms with E-state index >= 15 is 0 Å². The summed E-state index contributed by atoms with van der Waals surface area (Å²) in [6, 6.07) is 8.83. The molecule has 0 saturated carbocycles. The van der Waals surface area contributed by atoms with Gasteiger partial charge in [0.1, 0.15) is 0 Å². The van der Waals surface area contributed by atoms with Crippen LogP contribution in [-0.4, -0.2) is 12.1 Å². The Hall–Kier alpha value is -1.08. The van der Waals surface area contributed by atoms with Gasteiger partial charge in [-0.05, 0) is 50.8 Å². The first-order valence-electron chi connectivity index (χ1n) is 6.90. The highest BCUT2D eigenvalue weighted by Crippen LogP contribution is 2.15. The summed E-state index contributed by atoms with van der Waals surface area (Å²) in [6.07, 6.45) is 5.51. The van der Waals surface area contributed by atoms with E-state index in [4.69, 9.17) is 0 Å². The Labute approximate surface area is 112 Å². The molecule has 1 N–H and O–H groups in total. The zero-order valence-corrected chi connectivity index (χ0v) is 12.5. The lowest BCUT2D eigenvalue weighted by molar-refractivity contribution is 0.431. The number of hydrogen-bond acceptors (Lipinski definition) is 1. The first-order valence-corrected chi connectivity index (χ1v) is 6.90. The highest BCUT2D eigenvalue weighted by molar-refractivity contribution is 5.49. The van der Waals surface area contributed by atoms with Crippen molar-refractivity contribution >= 4 is 6.08 Å². The Morgan fingerprint density at radius 1 is 1.11 bits per heavy atom. The maximum Gasteiger partial charge on any atom is 0.00966 e. The maximum absolute atomic E-state index is 3.48. The fourth-order valence-corrected chi connectivity index (χ4v) is 1.74. The van der Waals surface area contributed by atoms with Crippen LogP contribution >= 0.6 is 0 Å². The monoisotopic (exact) mass is 245 g/mol. The molecule has 1 aromatic carbocycles. The zero-order chi connectivity index (χ0) is 13.6. The Morgan fingerprint density at radius 3 is 2.22 bits per heavy atom. The molecule has 0 radical (unpaired) electrons. The third kappa shape index (κ3) is 6.02. The molecule has 100 valence electrons. The topological polar surface area (TPSA) is 12.0 Å². The van der Waals surface area contributed by atoms with Gasteiger partial charge in [0.25, 0.3) is 0 Å². The van der Waals surface area contributed by atoms with Crippen molar-refractivity contribution in [1.82, 2.24) is 5.32 Å². The second-order valence-corrected chi connectivity index (χ2v) is 6.19. The van der Waals surface area contributed by atoms with Crippen molar-refractivity contribution < 1.29 is 0 Å². The number of rotatable bonds is 5. The molecule has 0 aliphatic rings. The fraction of sp³-hybridized carbons (Fsp3) is 0.529. The minimum Gasteiger partial charge on any atom is -0.312 e. The van der Waals surface area contributed by atoms with Crippen LogP contribution in [0.5, 0.6) is 0 Å². The van der Waals surface area contributed by atoms with Crippen molar-refractivity contribution in [3.63, 3.8) is 0 Å². The van der Waals surface area contributed by atoms with E-state index in [1.165, 1.54) is 11.1 Å². The van der Waals surface area contributed by atoms with Gasteiger partial charge in [-0.25, -0.2) is 0 Å². The number of hydrogen-bond donors (Lipinski definition) is 1. The van der Waals surface area contributed by atoms with E-state index < -0.39 is 0 Å². The summed E-state index contributed by atoms with van der Waals surface area (Å²) in [5.41, 5.74) is 2.91. The molecule has 1 rings (SSSR count). The summed E-state index contributed by atoms with van der Waals surface area (Å²) >= 11 is 0. The average molecular weight is 245 g/mol. The summed E-state index contributed by atoms with van der Waals surface area (Å²) in [7, 11) is 0. The quantitative estimate of drug-likeness (QED) is 0.747. The van der Waals surface area contributed by atoms with Crippen molar-refractivity contribution in [2.45, 2.75) is 52.5 Å². The van der Waals surface area contributed by atoms with Gasteiger partial charge in [-0.3, -0.25) is 0 Å². The van der Waals surface area contributed by atoms with Crippen LogP contribution in [0.15, 0.2) is 30.3 Å². The van der Waals surface area contributed by atoms with Crippen LogP contribution in [-0.2, 0) is 0 Å². The lowest BCUT2D eigenvalue weighted by Crippen LogP contribution is -2.36. The summed E-state index contributed by atoms with van der Waals surface area (Å²) in [6.45, 7) is 12.1. The largest absolute Gasteiger partial charge is 0.312 e. The van der Waals surface area contributed by atoms with Gasteiger partial charge in [0, 0.05) is 5.54 Å². The summed E-state index contributed by atoms with van der Waals surface area (Å²) in [5, 5.41) is 3.48. The Kier molecular flexibility index (Phi) is 5.61. The van der Waals surface area contributed by atoms with Crippen LogP contribution < -0.4 is 5.32 Å². The zero-order valence-electron chi connectivity index (χ0n) is 12.5. The maximum atomic E-state index is 3.48. The van der Waals surface area contributed by atoms with Gasteiger partial charge in [0.15, 0.2) is 0 Å². The van der Waals surface area contributed by atoms with E-state index in [0.717, 1.165) is 13.0 Å². The molecule has 0 aromatic heterocycles. The summed E-state index contributed by atoms with van der Waals surface area (Å²) < 4.78 is 0. The normalized spacial score (nSPS) is 12.6. The van der Waals surface area contributed by atoms with Crippen molar-refractivity contribution in [3.05, 3.63) is 41.5 Å². The van der Waals surface area contributed by atoms with Gasteiger partial charge < -0.3 is 5.32 Å². The lowest BCUT2D eigenvalue weighted by atomic mass is 10.0. The summed E-state index contributed by atoms with van der Waals surface area (Å²) in [4.78, 5) is 0. The molecular formula is C17H27N. The van der Waals surface area contributed by atoms with Crippen LogP contribution in [0.1, 0.15) is 58.1 Å². The van der Waals surface area contributed by atoms with E-state index in [1.54, 1.807) is 0 Å². The molecule has 0 unspecified atom stereocenters. The molecule has 18 heavy (non-hydrogen) atoms. The van der Waals surface area contributed by atoms with Crippen LogP contribution in [0.25, 0.3) is 6.08 Å². The molecule has 0 spiro atoms. The molecule has 1 nitrogen and oxygen atoms in total. The number of benzene rings is 1. The average Bonchev–Trinajstić information content (AvgIpc) is 2.27. The molecule has 0 atom stereocenters. The van der Waals surface area contributed by atoms with Gasteiger partial charge in [0.05, 0.1) is 0 Å². The molecule has 1 aromatic rings. The van der Waals surface area contributed by atoms with Gasteiger partial charge in [-0.15, -0.1) is 0 Å². The van der Waals surface area contributed by atoms with Gasteiger partial charge in [-0.1, -0.05) is 50.3 Å². The lowest BCUT2D eigenvalue weighted by Gasteiger charge is -2.19. The second kappa shape index (κ2) is 6.75. The minimum atomic E-state index is 0.215. The molecule has 0 aliphatic heterocycles. The predicted octanol–water partition coefficient (Wildman–Crippen LogP) is 4.60. The van der Waals surface area contributed by atoms with E-state index in [1.807, 2.05) is 0 Å². The predicted molar refractivity (Wildman–Crippen MR) is 81.9 cm³/mol. The molecule has 0 saturated heterocycles. The SMILES string of the molecule is CC(C)c1ccc(C=CCCNC(C)(C)C)cc1.